The SMILES string of the molecule is C[N+]12CCCCC1C(COC(=O)CCN1C(=O)CCC1=O)CCC2.[I-]. The fourth-order valence-electron chi connectivity index (χ4n) is 4.78. The number of hydrogen-bond donors (Lipinski definition) is 0. The Kier molecular flexibility index (Phi) is 7.25. The summed E-state index contributed by atoms with van der Waals surface area (Å²) < 4.78 is 6.65. The number of carbonyl (C=O) groups excluding carboxylic acids is 3. The summed E-state index contributed by atoms with van der Waals surface area (Å²) in [6.45, 7) is 3.14. The molecule has 0 N–H and O–H groups in total. The van der Waals surface area contributed by atoms with E-state index >= 15 is 0 Å². The number of amides is 2. The van der Waals surface area contributed by atoms with Crippen LogP contribution in [-0.4, -0.2) is 66.5 Å². The van der Waals surface area contributed by atoms with Gasteiger partial charge < -0.3 is 33.2 Å². The standard InChI is InChI=1S/C18H29N2O4.HI/c1-20-11-3-2-6-15(20)14(5-4-12-20)13-24-18(23)9-10-19-16(21)7-8-17(19)22;/h14-15H,2-13H2,1H3;1H/q+1;/p-1. The quantitative estimate of drug-likeness (QED) is 0.215. The maximum atomic E-state index is 12.0. The molecule has 6 nitrogen and oxygen atoms in total. The van der Waals surface area contributed by atoms with Gasteiger partial charge in [0.1, 0.15) is 0 Å². The van der Waals surface area contributed by atoms with Crippen LogP contribution < -0.4 is 24.0 Å². The van der Waals surface area contributed by atoms with Crippen LogP contribution in [0, 0.1) is 5.92 Å². The van der Waals surface area contributed by atoms with Crippen molar-refractivity contribution in [1.82, 2.24) is 4.90 Å². The Labute approximate surface area is 166 Å². The fraction of sp³-hybridized carbons (Fsp3) is 0.833. The van der Waals surface area contributed by atoms with E-state index in [9.17, 15) is 14.4 Å². The molecule has 3 atom stereocenters. The number of fused-ring (bicyclic) bond motifs is 1. The number of likely N-dealkylation sites (tertiary alicyclic amines) is 1. The van der Waals surface area contributed by atoms with Gasteiger partial charge in [0, 0.05) is 31.7 Å². The minimum Gasteiger partial charge on any atom is -1.00 e. The smallest absolute Gasteiger partial charge is 0.307 e. The third-order valence-electron chi connectivity index (χ3n) is 6.16. The van der Waals surface area contributed by atoms with Gasteiger partial charge in [0.05, 0.1) is 39.2 Å². The minimum absolute atomic E-state index is 0. The molecule has 3 heterocycles. The largest absolute Gasteiger partial charge is 1.00 e. The number of ether oxygens (including phenoxy) is 1. The molecule has 3 rings (SSSR count). The lowest BCUT2D eigenvalue weighted by molar-refractivity contribution is -0.947. The molecule has 3 saturated heterocycles. The van der Waals surface area contributed by atoms with Crippen LogP contribution in [-0.2, 0) is 19.1 Å². The highest BCUT2D eigenvalue weighted by atomic mass is 127. The fourth-order valence-corrected chi connectivity index (χ4v) is 4.78. The Hall–Kier alpha value is -0.700. The zero-order valence-electron chi connectivity index (χ0n) is 15.0. The van der Waals surface area contributed by atoms with E-state index in [2.05, 4.69) is 7.05 Å². The number of carbonyl (C=O) groups is 3. The maximum Gasteiger partial charge on any atom is 0.307 e. The summed E-state index contributed by atoms with van der Waals surface area (Å²) in [5.74, 6) is -0.188. The van der Waals surface area contributed by atoms with Gasteiger partial charge in [-0.05, 0) is 25.7 Å². The van der Waals surface area contributed by atoms with E-state index in [1.165, 1.54) is 43.7 Å². The van der Waals surface area contributed by atoms with Gasteiger partial charge in [-0.2, -0.15) is 0 Å². The van der Waals surface area contributed by atoms with Gasteiger partial charge in [0.2, 0.25) is 11.8 Å². The Morgan fingerprint density at radius 1 is 1.12 bits per heavy atom. The first-order chi connectivity index (χ1) is 11.5. The normalized spacial score (nSPS) is 32.1. The number of hydrogen-bond acceptors (Lipinski definition) is 4. The molecule has 0 aromatic rings. The van der Waals surface area contributed by atoms with Crippen molar-refractivity contribution >= 4 is 17.8 Å². The van der Waals surface area contributed by atoms with Crippen LogP contribution in [0.1, 0.15) is 51.4 Å². The molecule has 7 heteroatoms. The van der Waals surface area contributed by atoms with Gasteiger partial charge in [-0.25, -0.2) is 0 Å². The van der Waals surface area contributed by atoms with E-state index in [1.54, 1.807) is 0 Å². The second kappa shape index (κ2) is 8.79. The van der Waals surface area contributed by atoms with Crippen LogP contribution in [0.15, 0.2) is 0 Å². The number of rotatable bonds is 5. The molecule has 3 aliphatic heterocycles. The van der Waals surface area contributed by atoms with Crippen molar-refractivity contribution in [3.63, 3.8) is 0 Å². The Morgan fingerprint density at radius 3 is 2.52 bits per heavy atom. The van der Waals surface area contributed by atoms with E-state index in [4.69, 9.17) is 4.74 Å². The molecule has 25 heavy (non-hydrogen) atoms. The monoisotopic (exact) mass is 464 g/mol. The van der Waals surface area contributed by atoms with Crippen molar-refractivity contribution in [3.8, 4) is 0 Å². The number of halogens is 1. The molecule has 3 fully saturated rings. The number of nitrogens with zero attached hydrogens (tertiary/aromatic N) is 2. The lowest BCUT2D eigenvalue weighted by Gasteiger charge is -2.51. The third kappa shape index (κ3) is 4.72. The average molecular weight is 464 g/mol. The van der Waals surface area contributed by atoms with Gasteiger partial charge in [-0.3, -0.25) is 19.3 Å². The van der Waals surface area contributed by atoms with Crippen LogP contribution in [0.5, 0.6) is 0 Å². The predicted molar refractivity (Wildman–Crippen MR) is 87.8 cm³/mol. The van der Waals surface area contributed by atoms with Crippen molar-refractivity contribution in [2.24, 2.45) is 5.92 Å². The van der Waals surface area contributed by atoms with Crippen molar-refractivity contribution < 1.29 is 47.6 Å². The molecule has 0 spiro atoms. The summed E-state index contributed by atoms with van der Waals surface area (Å²) in [5.41, 5.74) is 0. The zero-order chi connectivity index (χ0) is 17.2. The lowest BCUT2D eigenvalue weighted by Crippen LogP contribution is -3.00. The van der Waals surface area contributed by atoms with Crippen molar-refractivity contribution in [2.75, 3.05) is 33.3 Å². The number of esters is 1. The molecule has 142 valence electrons. The number of imide groups is 1. The van der Waals surface area contributed by atoms with Crippen LogP contribution in [0.4, 0.5) is 0 Å². The van der Waals surface area contributed by atoms with Crippen molar-refractivity contribution in [2.45, 2.75) is 57.4 Å². The first-order valence-corrected chi connectivity index (χ1v) is 9.33. The molecule has 3 aliphatic rings. The summed E-state index contributed by atoms with van der Waals surface area (Å²) in [4.78, 5) is 36.3. The van der Waals surface area contributed by atoms with Gasteiger partial charge in [-0.1, -0.05) is 0 Å². The highest BCUT2D eigenvalue weighted by Crippen LogP contribution is 2.36. The number of piperidine rings is 2. The van der Waals surface area contributed by atoms with Crippen molar-refractivity contribution in [3.05, 3.63) is 0 Å². The Bertz CT molecular complexity index is 507. The van der Waals surface area contributed by atoms with E-state index in [-0.39, 0.29) is 67.6 Å². The van der Waals surface area contributed by atoms with Gasteiger partial charge >= 0.3 is 5.97 Å². The van der Waals surface area contributed by atoms with Crippen LogP contribution in [0.25, 0.3) is 0 Å². The molecule has 0 bridgehead atoms. The average Bonchev–Trinajstić information content (AvgIpc) is 2.88. The highest BCUT2D eigenvalue weighted by molar-refractivity contribution is 6.02. The molecule has 0 aromatic heterocycles. The first-order valence-electron chi connectivity index (χ1n) is 9.33. The maximum absolute atomic E-state index is 12.0. The van der Waals surface area contributed by atoms with Crippen LogP contribution >= 0.6 is 0 Å². The predicted octanol–water partition coefficient (Wildman–Crippen LogP) is -1.52. The van der Waals surface area contributed by atoms with Gasteiger partial charge in [-0.15, -0.1) is 0 Å². The summed E-state index contributed by atoms with van der Waals surface area (Å²) in [5, 5.41) is 0. The minimum atomic E-state index is -0.293. The van der Waals surface area contributed by atoms with Crippen LogP contribution in [0.2, 0.25) is 0 Å². The summed E-state index contributed by atoms with van der Waals surface area (Å²) in [6, 6.07) is 0.613. The molecule has 0 radical (unpaired) electrons. The molecule has 2 amide bonds. The number of quaternary nitrogens is 1. The van der Waals surface area contributed by atoms with E-state index < -0.39 is 0 Å². The third-order valence-corrected chi connectivity index (χ3v) is 6.16. The van der Waals surface area contributed by atoms with Crippen molar-refractivity contribution in [1.29, 1.82) is 0 Å². The molecular weight excluding hydrogens is 435 g/mol. The lowest BCUT2D eigenvalue weighted by atomic mass is 9.82. The second-order valence-electron chi connectivity index (χ2n) is 7.76. The topological polar surface area (TPSA) is 63.7 Å². The Morgan fingerprint density at radius 2 is 1.80 bits per heavy atom. The Balaban J connectivity index is 0.00000225. The first kappa shape index (κ1) is 20.6. The van der Waals surface area contributed by atoms with Crippen LogP contribution in [0.3, 0.4) is 0 Å². The van der Waals surface area contributed by atoms with E-state index in [1.807, 2.05) is 0 Å². The summed E-state index contributed by atoms with van der Waals surface area (Å²) >= 11 is 0. The van der Waals surface area contributed by atoms with Gasteiger partial charge in [0.25, 0.3) is 0 Å². The molecular formula is C18H29IN2O4. The molecule has 0 saturated carbocycles. The summed E-state index contributed by atoms with van der Waals surface area (Å²) in [7, 11) is 2.35. The molecule has 0 aliphatic carbocycles. The van der Waals surface area contributed by atoms with E-state index in [0.29, 0.717) is 18.6 Å². The summed E-state index contributed by atoms with van der Waals surface area (Å²) in [6.07, 6.45) is 6.80. The highest BCUT2D eigenvalue weighted by Gasteiger charge is 2.43. The molecule has 0 aromatic carbocycles. The second-order valence-corrected chi connectivity index (χ2v) is 7.76. The van der Waals surface area contributed by atoms with Gasteiger partial charge in [0.15, 0.2) is 0 Å². The van der Waals surface area contributed by atoms with E-state index in [0.717, 1.165) is 10.9 Å². The molecule has 3 unspecified atom stereocenters. The zero-order valence-corrected chi connectivity index (χ0v) is 17.2.